The first-order chi connectivity index (χ1) is 4.47. The summed E-state index contributed by atoms with van der Waals surface area (Å²) in [5, 5.41) is 10.6. The predicted molar refractivity (Wildman–Crippen MR) is 39.2 cm³/mol. The van der Waals surface area contributed by atoms with E-state index in [1.165, 1.54) is 0 Å². The van der Waals surface area contributed by atoms with Crippen molar-refractivity contribution in [2.75, 3.05) is 13.1 Å². The standard InChI is InChI=1S/C5H8N4.ClH/c1-5(2-6-1)9-3-7-8-4-9;/h3-6H,1-2H2;1H. The maximum Gasteiger partial charge on any atom is 0.119 e. The maximum absolute atomic E-state index is 3.71. The third-order valence-corrected chi connectivity index (χ3v) is 1.62. The molecule has 1 aromatic heterocycles. The van der Waals surface area contributed by atoms with Crippen molar-refractivity contribution in [1.82, 2.24) is 20.1 Å². The first kappa shape index (κ1) is 7.50. The molecule has 1 aliphatic heterocycles. The zero-order valence-electron chi connectivity index (χ0n) is 5.40. The molecule has 0 unspecified atom stereocenters. The van der Waals surface area contributed by atoms with E-state index in [1.807, 2.05) is 4.57 Å². The average molecular weight is 161 g/mol. The van der Waals surface area contributed by atoms with Crippen LogP contribution in [0.4, 0.5) is 0 Å². The number of nitrogens with zero attached hydrogens (tertiary/aromatic N) is 3. The quantitative estimate of drug-likeness (QED) is 0.621. The molecule has 5 heteroatoms. The lowest BCUT2D eigenvalue weighted by molar-refractivity contribution is 0.342. The Labute approximate surface area is 65.1 Å². The van der Waals surface area contributed by atoms with Crippen LogP contribution >= 0.6 is 12.4 Å². The van der Waals surface area contributed by atoms with E-state index in [-0.39, 0.29) is 12.4 Å². The molecule has 0 spiro atoms. The molecule has 10 heavy (non-hydrogen) atoms. The van der Waals surface area contributed by atoms with Crippen molar-refractivity contribution >= 4 is 12.4 Å². The zero-order chi connectivity index (χ0) is 6.10. The zero-order valence-corrected chi connectivity index (χ0v) is 6.21. The molecule has 1 N–H and O–H groups in total. The average Bonchev–Trinajstić information content (AvgIpc) is 2.11. The molecule has 0 atom stereocenters. The molecule has 4 nitrogen and oxygen atoms in total. The van der Waals surface area contributed by atoms with Gasteiger partial charge in [0.15, 0.2) is 0 Å². The Morgan fingerprint density at radius 1 is 1.30 bits per heavy atom. The molecule has 2 heterocycles. The van der Waals surface area contributed by atoms with Crippen LogP contribution in [0.3, 0.4) is 0 Å². The minimum Gasteiger partial charge on any atom is -0.314 e. The Kier molecular flexibility index (Phi) is 2.24. The van der Waals surface area contributed by atoms with E-state index in [2.05, 4.69) is 15.5 Å². The second-order valence-electron chi connectivity index (χ2n) is 2.22. The van der Waals surface area contributed by atoms with Crippen molar-refractivity contribution in [3.63, 3.8) is 0 Å². The van der Waals surface area contributed by atoms with Gasteiger partial charge in [-0.05, 0) is 0 Å². The van der Waals surface area contributed by atoms with Crippen LogP contribution in [0.1, 0.15) is 6.04 Å². The van der Waals surface area contributed by atoms with E-state index in [4.69, 9.17) is 0 Å². The van der Waals surface area contributed by atoms with Gasteiger partial charge in [-0.2, -0.15) is 0 Å². The molecule has 1 aliphatic rings. The third-order valence-electron chi connectivity index (χ3n) is 1.62. The van der Waals surface area contributed by atoms with Gasteiger partial charge in [-0.3, -0.25) is 0 Å². The molecular formula is C5H9ClN4. The van der Waals surface area contributed by atoms with Crippen molar-refractivity contribution in [3.8, 4) is 0 Å². The summed E-state index contributed by atoms with van der Waals surface area (Å²) >= 11 is 0. The monoisotopic (exact) mass is 160 g/mol. The van der Waals surface area contributed by atoms with Crippen LogP contribution in [-0.4, -0.2) is 27.9 Å². The molecule has 0 radical (unpaired) electrons. The normalized spacial score (nSPS) is 17.6. The second-order valence-corrected chi connectivity index (χ2v) is 2.22. The summed E-state index contributed by atoms with van der Waals surface area (Å²) in [4.78, 5) is 0. The number of nitrogens with one attached hydrogen (secondary N) is 1. The summed E-state index contributed by atoms with van der Waals surface area (Å²) in [7, 11) is 0. The smallest absolute Gasteiger partial charge is 0.119 e. The molecule has 1 fully saturated rings. The molecule has 0 amide bonds. The largest absolute Gasteiger partial charge is 0.314 e. The first-order valence-corrected chi connectivity index (χ1v) is 3.01. The van der Waals surface area contributed by atoms with Crippen LogP contribution in [0.2, 0.25) is 0 Å². The van der Waals surface area contributed by atoms with Crippen LogP contribution < -0.4 is 5.32 Å². The molecule has 0 bridgehead atoms. The molecule has 1 saturated heterocycles. The van der Waals surface area contributed by atoms with Gasteiger partial charge in [-0.15, -0.1) is 22.6 Å². The van der Waals surface area contributed by atoms with E-state index in [9.17, 15) is 0 Å². The SMILES string of the molecule is Cl.c1nncn1C1CNC1. The Balaban J connectivity index is 0.000000500. The highest BCUT2D eigenvalue weighted by molar-refractivity contribution is 5.85. The van der Waals surface area contributed by atoms with E-state index in [0.717, 1.165) is 13.1 Å². The Bertz CT molecular complexity index is 182. The van der Waals surface area contributed by atoms with E-state index >= 15 is 0 Å². The lowest BCUT2D eigenvalue weighted by Gasteiger charge is -2.27. The van der Waals surface area contributed by atoms with Gasteiger partial charge in [0.2, 0.25) is 0 Å². The Hall–Kier alpha value is -0.610. The highest BCUT2D eigenvalue weighted by Gasteiger charge is 2.17. The van der Waals surface area contributed by atoms with Crippen molar-refractivity contribution in [2.24, 2.45) is 0 Å². The highest BCUT2D eigenvalue weighted by Crippen LogP contribution is 2.08. The molecule has 56 valence electrons. The fraction of sp³-hybridized carbons (Fsp3) is 0.600. The van der Waals surface area contributed by atoms with Gasteiger partial charge in [0.1, 0.15) is 12.7 Å². The van der Waals surface area contributed by atoms with Gasteiger partial charge in [0.25, 0.3) is 0 Å². The van der Waals surface area contributed by atoms with Gasteiger partial charge in [-0.1, -0.05) is 0 Å². The number of hydrogen-bond donors (Lipinski definition) is 1. The van der Waals surface area contributed by atoms with Crippen molar-refractivity contribution in [3.05, 3.63) is 12.7 Å². The number of aromatic nitrogens is 3. The number of halogens is 1. The van der Waals surface area contributed by atoms with Gasteiger partial charge in [-0.25, -0.2) is 0 Å². The molecule has 2 rings (SSSR count). The van der Waals surface area contributed by atoms with Crippen molar-refractivity contribution < 1.29 is 0 Å². The van der Waals surface area contributed by atoms with Crippen molar-refractivity contribution in [1.29, 1.82) is 0 Å². The van der Waals surface area contributed by atoms with Crippen LogP contribution in [0, 0.1) is 0 Å². The summed E-state index contributed by atoms with van der Waals surface area (Å²) in [5.41, 5.74) is 0. The van der Waals surface area contributed by atoms with Gasteiger partial charge < -0.3 is 9.88 Å². The molecule has 1 aromatic rings. The van der Waals surface area contributed by atoms with E-state index < -0.39 is 0 Å². The van der Waals surface area contributed by atoms with Crippen molar-refractivity contribution in [2.45, 2.75) is 6.04 Å². The summed E-state index contributed by atoms with van der Waals surface area (Å²) < 4.78 is 2.02. The minimum absolute atomic E-state index is 0. The summed E-state index contributed by atoms with van der Waals surface area (Å²) in [5.74, 6) is 0. The molecule has 0 aliphatic carbocycles. The summed E-state index contributed by atoms with van der Waals surface area (Å²) in [6.45, 7) is 2.11. The van der Waals surface area contributed by atoms with Crippen LogP contribution in [0.15, 0.2) is 12.7 Å². The van der Waals surface area contributed by atoms with Gasteiger partial charge in [0.05, 0.1) is 6.04 Å². The van der Waals surface area contributed by atoms with Crippen LogP contribution in [0.25, 0.3) is 0 Å². The fourth-order valence-corrected chi connectivity index (χ4v) is 0.882. The van der Waals surface area contributed by atoms with E-state index in [1.54, 1.807) is 12.7 Å². The number of rotatable bonds is 1. The topological polar surface area (TPSA) is 42.7 Å². The Morgan fingerprint density at radius 2 is 1.90 bits per heavy atom. The van der Waals surface area contributed by atoms with Crippen LogP contribution in [-0.2, 0) is 0 Å². The van der Waals surface area contributed by atoms with Gasteiger partial charge >= 0.3 is 0 Å². The fourth-order valence-electron chi connectivity index (χ4n) is 0.882. The minimum atomic E-state index is 0. The molecular weight excluding hydrogens is 152 g/mol. The summed E-state index contributed by atoms with van der Waals surface area (Å²) in [6.07, 6.45) is 3.51. The lowest BCUT2D eigenvalue weighted by atomic mass is 10.2. The van der Waals surface area contributed by atoms with Crippen LogP contribution in [0.5, 0.6) is 0 Å². The highest BCUT2D eigenvalue weighted by atomic mass is 35.5. The third kappa shape index (κ3) is 1.12. The van der Waals surface area contributed by atoms with Gasteiger partial charge in [0, 0.05) is 13.1 Å². The first-order valence-electron chi connectivity index (χ1n) is 3.01. The lowest BCUT2D eigenvalue weighted by Crippen LogP contribution is -2.42. The second kappa shape index (κ2) is 2.98. The maximum atomic E-state index is 3.71. The Morgan fingerprint density at radius 3 is 2.30 bits per heavy atom. The molecule has 0 aromatic carbocycles. The predicted octanol–water partition coefficient (Wildman–Crippen LogP) is -0.156. The molecule has 0 saturated carbocycles. The summed E-state index contributed by atoms with van der Waals surface area (Å²) in [6, 6.07) is 0.597. The van der Waals surface area contributed by atoms with E-state index in [0.29, 0.717) is 6.04 Å². The number of hydrogen-bond acceptors (Lipinski definition) is 3.